The molecule has 0 aliphatic carbocycles. The van der Waals surface area contributed by atoms with Crippen molar-refractivity contribution in [2.75, 3.05) is 12.0 Å². The van der Waals surface area contributed by atoms with Crippen molar-refractivity contribution < 1.29 is 13.9 Å². The van der Waals surface area contributed by atoms with Gasteiger partial charge in [0.2, 0.25) is 5.91 Å². The summed E-state index contributed by atoms with van der Waals surface area (Å²) in [4.78, 5) is 22.3. The highest BCUT2D eigenvalue weighted by Crippen LogP contribution is 2.25. The fourth-order valence-corrected chi connectivity index (χ4v) is 3.79. The molecule has 0 saturated carbocycles. The van der Waals surface area contributed by atoms with Gasteiger partial charge < -0.3 is 14.6 Å². The lowest BCUT2D eigenvalue weighted by atomic mass is 10.1. The Labute approximate surface area is 194 Å². The van der Waals surface area contributed by atoms with Crippen molar-refractivity contribution >= 4 is 22.6 Å². The molecule has 0 radical (unpaired) electrons. The normalized spacial score (nSPS) is 11.0. The minimum Gasteiger partial charge on any atom is -0.494 e. The topological polar surface area (TPSA) is 88.9 Å². The van der Waals surface area contributed by atoms with E-state index in [0.717, 1.165) is 16.8 Å². The maximum absolute atomic E-state index is 14.3. The standard InChI is InChI=1S/C25H21FN6O2/c1-34-24-11-6-17(12-20(24)26)14-31(19-9-7-18(8-10-19)22-13-27-16-28-22)25(33)15-32-23-5-3-2-4-21(23)29-30-32/h2-13,16H,14-15H2,1H3,(H,27,28). The highest BCUT2D eigenvalue weighted by atomic mass is 19.1. The number of hydrogen-bond donors (Lipinski definition) is 1. The summed E-state index contributed by atoms with van der Waals surface area (Å²) in [6.45, 7) is 0.161. The quantitative estimate of drug-likeness (QED) is 0.397. The molecule has 0 spiro atoms. The van der Waals surface area contributed by atoms with Crippen LogP contribution in [0.5, 0.6) is 5.75 Å². The summed E-state index contributed by atoms with van der Waals surface area (Å²) in [5.74, 6) is -0.540. The van der Waals surface area contributed by atoms with Crippen LogP contribution in [0.2, 0.25) is 0 Å². The van der Waals surface area contributed by atoms with E-state index in [9.17, 15) is 9.18 Å². The fraction of sp³-hybridized carbons (Fsp3) is 0.120. The molecule has 0 bridgehead atoms. The molecular weight excluding hydrogens is 435 g/mol. The number of aromatic amines is 1. The third-order valence-corrected chi connectivity index (χ3v) is 5.54. The van der Waals surface area contributed by atoms with E-state index in [1.54, 1.807) is 34.2 Å². The van der Waals surface area contributed by atoms with E-state index in [1.807, 2.05) is 48.5 Å². The Morgan fingerprint density at radius 1 is 1.12 bits per heavy atom. The molecule has 0 aliphatic heterocycles. The van der Waals surface area contributed by atoms with E-state index < -0.39 is 5.82 Å². The number of amides is 1. The van der Waals surface area contributed by atoms with Gasteiger partial charge in [-0.15, -0.1) is 5.10 Å². The van der Waals surface area contributed by atoms with Crippen LogP contribution >= 0.6 is 0 Å². The van der Waals surface area contributed by atoms with Crippen molar-refractivity contribution in [1.82, 2.24) is 25.0 Å². The van der Waals surface area contributed by atoms with E-state index in [4.69, 9.17) is 4.74 Å². The predicted molar refractivity (Wildman–Crippen MR) is 126 cm³/mol. The van der Waals surface area contributed by atoms with Gasteiger partial charge in [-0.25, -0.2) is 14.1 Å². The van der Waals surface area contributed by atoms with Gasteiger partial charge in [-0.1, -0.05) is 35.5 Å². The monoisotopic (exact) mass is 456 g/mol. The number of aromatic nitrogens is 5. The van der Waals surface area contributed by atoms with E-state index >= 15 is 0 Å². The Balaban J connectivity index is 1.47. The molecule has 0 fully saturated rings. The first kappa shape index (κ1) is 21.3. The van der Waals surface area contributed by atoms with Crippen LogP contribution in [0.3, 0.4) is 0 Å². The molecular formula is C25H21FN6O2. The smallest absolute Gasteiger partial charge is 0.249 e. The minimum atomic E-state index is -0.483. The van der Waals surface area contributed by atoms with Gasteiger partial charge in [0, 0.05) is 17.4 Å². The van der Waals surface area contributed by atoms with Crippen LogP contribution in [0, 0.1) is 5.82 Å². The second-order valence-corrected chi connectivity index (χ2v) is 7.69. The third-order valence-electron chi connectivity index (χ3n) is 5.54. The van der Waals surface area contributed by atoms with Gasteiger partial charge in [0.1, 0.15) is 12.1 Å². The molecule has 0 aliphatic rings. The second-order valence-electron chi connectivity index (χ2n) is 7.69. The third kappa shape index (κ3) is 4.23. The zero-order chi connectivity index (χ0) is 23.5. The number of methoxy groups -OCH3 is 1. The van der Waals surface area contributed by atoms with Gasteiger partial charge in [-0.3, -0.25) is 4.79 Å². The average Bonchev–Trinajstić information content (AvgIpc) is 3.54. The Kier molecular flexibility index (Phi) is 5.73. The summed E-state index contributed by atoms with van der Waals surface area (Å²) in [5, 5.41) is 8.26. The lowest BCUT2D eigenvalue weighted by Crippen LogP contribution is -2.33. The fourth-order valence-electron chi connectivity index (χ4n) is 3.79. The van der Waals surface area contributed by atoms with Gasteiger partial charge in [-0.2, -0.15) is 0 Å². The Bertz CT molecular complexity index is 1430. The number of halogens is 1. The van der Waals surface area contributed by atoms with Crippen LogP contribution in [0.4, 0.5) is 10.1 Å². The van der Waals surface area contributed by atoms with E-state index in [2.05, 4.69) is 20.3 Å². The van der Waals surface area contributed by atoms with Gasteiger partial charge in [0.15, 0.2) is 11.6 Å². The summed E-state index contributed by atoms with van der Waals surface area (Å²) in [6.07, 6.45) is 3.41. The number of H-pyrrole nitrogens is 1. The van der Waals surface area contributed by atoms with Crippen LogP contribution in [0.25, 0.3) is 22.3 Å². The van der Waals surface area contributed by atoms with Crippen LogP contribution < -0.4 is 9.64 Å². The maximum atomic E-state index is 14.3. The summed E-state index contributed by atoms with van der Waals surface area (Å²) in [5.41, 5.74) is 4.49. The summed E-state index contributed by atoms with van der Waals surface area (Å²) in [7, 11) is 1.41. The largest absolute Gasteiger partial charge is 0.494 e. The first-order valence-electron chi connectivity index (χ1n) is 10.6. The van der Waals surface area contributed by atoms with Gasteiger partial charge in [0.05, 0.1) is 31.2 Å². The zero-order valence-electron chi connectivity index (χ0n) is 18.4. The van der Waals surface area contributed by atoms with Gasteiger partial charge in [-0.05, 0) is 42.0 Å². The van der Waals surface area contributed by atoms with Crippen LogP contribution in [0.15, 0.2) is 79.3 Å². The van der Waals surface area contributed by atoms with Crippen molar-refractivity contribution in [2.24, 2.45) is 0 Å². The number of benzene rings is 3. The number of fused-ring (bicyclic) bond motifs is 1. The number of carbonyl (C=O) groups is 1. The summed E-state index contributed by atoms with van der Waals surface area (Å²) >= 11 is 0. The van der Waals surface area contributed by atoms with Crippen molar-refractivity contribution in [3.63, 3.8) is 0 Å². The van der Waals surface area contributed by atoms with E-state index in [1.165, 1.54) is 13.2 Å². The molecule has 8 nitrogen and oxygen atoms in total. The van der Waals surface area contributed by atoms with Crippen LogP contribution in [-0.2, 0) is 17.9 Å². The number of hydrogen-bond acceptors (Lipinski definition) is 5. The Morgan fingerprint density at radius 3 is 2.68 bits per heavy atom. The number of imidazole rings is 1. The SMILES string of the molecule is COc1ccc(CN(C(=O)Cn2nnc3ccccc32)c2ccc(-c3c[nH]cn3)cc2)cc1F. The highest BCUT2D eigenvalue weighted by molar-refractivity contribution is 5.94. The molecule has 5 aromatic rings. The zero-order valence-corrected chi connectivity index (χ0v) is 18.4. The lowest BCUT2D eigenvalue weighted by molar-refractivity contribution is -0.119. The number of ether oxygens (including phenoxy) is 1. The Hall–Kier alpha value is -4.53. The number of carbonyl (C=O) groups excluding carboxylic acids is 1. The number of rotatable bonds is 7. The molecule has 0 unspecified atom stereocenters. The molecule has 5 rings (SSSR count). The van der Waals surface area contributed by atoms with Crippen molar-refractivity contribution in [3.05, 3.63) is 90.6 Å². The molecule has 3 aromatic carbocycles. The molecule has 1 amide bonds. The molecule has 2 aromatic heterocycles. The maximum Gasteiger partial charge on any atom is 0.249 e. The minimum absolute atomic E-state index is 0.0136. The molecule has 9 heteroatoms. The number of nitrogens with one attached hydrogen (secondary N) is 1. The summed E-state index contributed by atoms with van der Waals surface area (Å²) < 4.78 is 20.9. The number of para-hydroxylation sites is 1. The predicted octanol–water partition coefficient (Wildman–Crippen LogP) is 4.20. The van der Waals surface area contributed by atoms with Crippen LogP contribution in [0.1, 0.15) is 5.56 Å². The van der Waals surface area contributed by atoms with Crippen LogP contribution in [-0.4, -0.2) is 38.0 Å². The average molecular weight is 456 g/mol. The van der Waals surface area contributed by atoms with E-state index in [0.29, 0.717) is 16.8 Å². The first-order chi connectivity index (χ1) is 16.6. The van der Waals surface area contributed by atoms with Crippen molar-refractivity contribution in [2.45, 2.75) is 13.1 Å². The van der Waals surface area contributed by atoms with Crippen molar-refractivity contribution in [1.29, 1.82) is 0 Å². The molecule has 34 heavy (non-hydrogen) atoms. The van der Waals surface area contributed by atoms with Gasteiger partial charge in [0.25, 0.3) is 0 Å². The van der Waals surface area contributed by atoms with E-state index in [-0.39, 0.29) is 24.7 Å². The molecule has 1 N–H and O–H groups in total. The Morgan fingerprint density at radius 2 is 1.94 bits per heavy atom. The van der Waals surface area contributed by atoms with Crippen molar-refractivity contribution in [3.8, 4) is 17.0 Å². The molecule has 0 saturated heterocycles. The molecule has 2 heterocycles. The summed E-state index contributed by atoms with van der Waals surface area (Å²) in [6, 6.07) is 19.6. The van der Waals surface area contributed by atoms with Gasteiger partial charge >= 0.3 is 0 Å². The number of nitrogens with zero attached hydrogens (tertiary/aromatic N) is 5. The molecule has 170 valence electrons. The lowest BCUT2D eigenvalue weighted by Gasteiger charge is -2.23. The first-order valence-corrected chi connectivity index (χ1v) is 10.6. The second kappa shape index (κ2) is 9.14. The highest BCUT2D eigenvalue weighted by Gasteiger charge is 2.20. The number of anilines is 1. The molecule has 0 atom stereocenters.